The minimum absolute atomic E-state index is 0.0646. The lowest BCUT2D eigenvalue weighted by Crippen LogP contribution is -2.31. The molecule has 0 bridgehead atoms. The van der Waals surface area contributed by atoms with E-state index in [4.69, 9.17) is 16.3 Å². The van der Waals surface area contributed by atoms with Crippen LogP contribution in [0.1, 0.15) is 12.0 Å². The molecule has 1 saturated heterocycles. The number of hydrogen-bond donors (Lipinski definition) is 0. The summed E-state index contributed by atoms with van der Waals surface area (Å²) in [6, 6.07) is 5.03. The van der Waals surface area contributed by atoms with E-state index in [1.807, 2.05) is 6.92 Å². The topological polar surface area (TPSA) is 46.6 Å². The number of Topliss-reactive ketones (excluding diaryl/α,β-unsaturated/α-hetero) is 1. The summed E-state index contributed by atoms with van der Waals surface area (Å²) in [7, 11) is 0. The first-order valence-corrected chi connectivity index (χ1v) is 5.68. The van der Waals surface area contributed by atoms with Gasteiger partial charge < -0.3 is 9.64 Å². The van der Waals surface area contributed by atoms with E-state index in [2.05, 4.69) is 0 Å². The lowest BCUT2D eigenvalue weighted by atomic mass is 10.2. The Kier molecular flexibility index (Phi) is 3.33. The molecule has 1 aromatic rings. The standard InChI is InChI=1S/C12H12ClNO3/c1-8-6-9(13)2-3-11(8)17-12(16)14-5-4-10(15)7-14/h2-3,6H,4-5,7H2,1H3. The van der Waals surface area contributed by atoms with E-state index >= 15 is 0 Å². The fourth-order valence-corrected chi connectivity index (χ4v) is 1.90. The van der Waals surface area contributed by atoms with Gasteiger partial charge in [0.2, 0.25) is 0 Å². The van der Waals surface area contributed by atoms with E-state index in [0.717, 1.165) is 5.56 Å². The molecule has 0 N–H and O–H groups in total. The van der Waals surface area contributed by atoms with Gasteiger partial charge >= 0.3 is 6.09 Å². The van der Waals surface area contributed by atoms with Gasteiger partial charge in [0.15, 0.2) is 5.78 Å². The Hall–Kier alpha value is -1.55. The van der Waals surface area contributed by atoms with E-state index in [0.29, 0.717) is 23.7 Å². The Bertz CT molecular complexity index is 473. The molecule has 0 saturated carbocycles. The highest BCUT2D eigenvalue weighted by molar-refractivity contribution is 6.30. The number of likely N-dealkylation sites (tertiary alicyclic amines) is 1. The van der Waals surface area contributed by atoms with Gasteiger partial charge in [-0.25, -0.2) is 4.79 Å². The molecule has 2 rings (SSSR count). The van der Waals surface area contributed by atoms with Crippen LogP contribution in [0, 0.1) is 6.92 Å². The van der Waals surface area contributed by atoms with Gasteiger partial charge in [-0.05, 0) is 30.7 Å². The predicted molar refractivity (Wildman–Crippen MR) is 63.4 cm³/mol. The Morgan fingerprint density at radius 1 is 1.47 bits per heavy atom. The normalized spacial score (nSPS) is 15.2. The number of carbonyl (C=O) groups excluding carboxylic acids is 2. The van der Waals surface area contributed by atoms with Gasteiger partial charge in [-0.15, -0.1) is 0 Å². The zero-order chi connectivity index (χ0) is 12.4. The van der Waals surface area contributed by atoms with Crippen LogP contribution in [0.2, 0.25) is 5.02 Å². The molecular weight excluding hydrogens is 242 g/mol. The SMILES string of the molecule is Cc1cc(Cl)ccc1OC(=O)N1CCC(=O)C1. The second-order valence-electron chi connectivity index (χ2n) is 3.99. The number of amides is 1. The average Bonchev–Trinajstić information content (AvgIpc) is 2.69. The van der Waals surface area contributed by atoms with Gasteiger partial charge in [-0.3, -0.25) is 4.79 Å². The molecule has 0 unspecified atom stereocenters. The van der Waals surface area contributed by atoms with Crippen molar-refractivity contribution in [3.8, 4) is 5.75 Å². The lowest BCUT2D eigenvalue weighted by Gasteiger charge is -2.15. The first-order valence-electron chi connectivity index (χ1n) is 5.31. The summed E-state index contributed by atoms with van der Waals surface area (Å²) < 4.78 is 5.21. The Morgan fingerprint density at radius 2 is 2.24 bits per heavy atom. The van der Waals surface area contributed by atoms with Gasteiger partial charge in [-0.2, -0.15) is 0 Å². The van der Waals surface area contributed by atoms with E-state index in [9.17, 15) is 9.59 Å². The molecule has 0 atom stereocenters. The molecular formula is C12H12ClNO3. The summed E-state index contributed by atoms with van der Waals surface area (Å²) in [6.07, 6.45) is -0.0735. The highest BCUT2D eigenvalue weighted by atomic mass is 35.5. The van der Waals surface area contributed by atoms with E-state index in [1.54, 1.807) is 18.2 Å². The van der Waals surface area contributed by atoms with E-state index in [-0.39, 0.29) is 12.3 Å². The molecule has 1 aromatic carbocycles. The molecule has 1 aliphatic heterocycles. The lowest BCUT2D eigenvalue weighted by molar-refractivity contribution is -0.116. The average molecular weight is 254 g/mol. The predicted octanol–water partition coefficient (Wildman–Crippen LogP) is 2.42. The van der Waals surface area contributed by atoms with Gasteiger partial charge in [0.1, 0.15) is 5.75 Å². The van der Waals surface area contributed by atoms with E-state index < -0.39 is 6.09 Å². The number of rotatable bonds is 1. The molecule has 17 heavy (non-hydrogen) atoms. The summed E-state index contributed by atoms with van der Waals surface area (Å²) >= 11 is 5.80. The van der Waals surface area contributed by atoms with Crippen LogP contribution < -0.4 is 4.74 Å². The van der Waals surface area contributed by atoms with Crippen LogP contribution >= 0.6 is 11.6 Å². The van der Waals surface area contributed by atoms with Crippen molar-refractivity contribution in [3.05, 3.63) is 28.8 Å². The third kappa shape index (κ3) is 2.77. The van der Waals surface area contributed by atoms with Crippen LogP contribution in [-0.2, 0) is 4.79 Å². The van der Waals surface area contributed by atoms with Crippen molar-refractivity contribution in [1.29, 1.82) is 0 Å². The van der Waals surface area contributed by atoms with Crippen molar-refractivity contribution in [2.24, 2.45) is 0 Å². The number of ether oxygens (including phenoxy) is 1. The molecule has 0 aliphatic carbocycles. The van der Waals surface area contributed by atoms with Gasteiger partial charge in [0.25, 0.3) is 0 Å². The van der Waals surface area contributed by atoms with Crippen LogP contribution in [-0.4, -0.2) is 29.9 Å². The number of carbonyl (C=O) groups is 2. The highest BCUT2D eigenvalue weighted by Gasteiger charge is 2.25. The number of hydrogen-bond acceptors (Lipinski definition) is 3. The van der Waals surface area contributed by atoms with E-state index in [1.165, 1.54) is 4.90 Å². The first-order chi connectivity index (χ1) is 8.06. The molecule has 1 amide bonds. The van der Waals surface area contributed by atoms with Crippen molar-refractivity contribution < 1.29 is 14.3 Å². The monoisotopic (exact) mass is 253 g/mol. The number of ketones is 1. The molecule has 0 radical (unpaired) electrons. The molecule has 5 heteroatoms. The molecule has 1 aliphatic rings. The summed E-state index contributed by atoms with van der Waals surface area (Å²) in [6.45, 7) is 2.39. The highest BCUT2D eigenvalue weighted by Crippen LogP contribution is 2.22. The van der Waals surface area contributed by atoms with Crippen LogP contribution in [0.25, 0.3) is 0 Å². The van der Waals surface area contributed by atoms with Crippen LogP contribution in [0.4, 0.5) is 4.79 Å². The zero-order valence-corrected chi connectivity index (χ0v) is 10.2. The maximum atomic E-state index is 11.7. The van der Waals surface area contributed by atoms with Crippen molar-refractivity contribution in [1.82, 2.24) is 4.90 Å². The molecule has 0 spiro atoms. The number of nitrogens with zero attached hydrogens (tertiary/aromatic N) is 1. The summed E-state index contributed by atoms with van der Waals surface area (Å²) in [5, 5.41) is 0.596. The fraction of sp³-hybridized carbons (Fsp3) is 0.333. The summed E-state index contributed by atoms with van der Waals surface area (Å²) in [5.41, 5.74) is 0.788. The Balaban J connectivity index is 2.05. The van der Waals surface area contributed by atoms with Crippen LogP contribution in [0.5, 0.6) is 5.75 Å². The second kappa shape index (κ2) is 4.75. The van der Waals surface area contributed by atoms with Crippen molar-refractivity contribution >= 4 is 23.5 Å². The third-order valence-electron chi connectivity index (χ3n) is 2.62. The number of benzene rings is 1. The van der Waals surface area contributed by atoms with Gasteiger partial charge in [-0.1, -0.05) is 11.6 Å². The summed E-state index contributed by atoms with van der Waals surface area (Å²) in [4.78, 5) is 24.2. The van der Waals surface area contributed by atoms with Crippen molar-refractivity contribution in [2.75, 3.05) is 13.1 Å². The minimum atomic E-state index is -0.485. The van der Waals surface area contributed by atoms with Crippen LogP contribution in [0.3, 0.4) is 0 Å². The third-order valence-corrected chi connectivity index (χ3v) is 2.86. The molecule has 90 valence electrons. The van der Waals surface area contributed by atoms with Crippen LogP contribution in [0.15, 0.2) is 18.2 Å². The molecule has 1 heterocycles. The second-order valence-corrected chi connectivity index (χ2v) is 4.42. The minimum Gasteiger partial charge on any atom is -0.410 e. The molecule has 1 fully saturated rings. The largest absolute Gasteiger partial charge is 0.415 e. The molecule has 0 aromatic heterocycles. The molecule has 4 nitrogen and oxygen atoms in total. The number of halogens is 1. The van der Waals surface area contributed by atoms with Gasteiger partial charge in [0.05, 0.1) is 6.54 Å². The Labute approximate surface area is 104 Å². The number of aryl methyl sites for hydroxylation is 1. The Morgan fingerprint density at radius 3 is 2.82 bits per heavy atom. The smallest absolute Gasteiger partial charge is 0.410 e. The van der Waals surface area contributed by atoms with Gasteiger partial charge in [0, 0.05) is 18.0 Å². The maximum Gasteiger partial charge on any atom is 0.415 e. The first kappa shape index (κ1) is 11.9. The fourth-order valence-electron chi connectivity index (χ4n) is 1.67. The van der Waals surface area contributed by atoms with Crippen molar-refractivity contribution in [3.63, 3.8) is 0 Å². The maximum absolute atomic E-state index is 11.7. The zero-order valence-electron chi connectivity index (χ0n) is 9.40. The quantitative estimate of drug-likeness (QED) is 0.772. The van der Waals surface area contributed by atoms with Crippen molar-refractivity contribution in [2.45, 2.75) is 13.3 Å². The summed E-state index contributed by atoms with van der Waals surface area (Å²) in [5.74, 6) is 0.536.